The first kappa shape index (κ1) is 19.7. The zero-order chi connectivity index (χ0) is 18.6. The third-order valence-electron chi connectivity index (χ3n) is 4.15. The lowest BCUT2D eigenvalue weighted by atomic mass is 10.0. The van der Waals surface area contributed by atoms with Crippen LogP contribution in [0.25, 0.3) is 0 Å². The van der Waals surface area contributed by atoms with E-state index in [4.69, 9.17) is 0 Å². The van der Waals surface area contributed by atoms with Crippen LogP contribution < -0.4 is 10.6 Å². The highest BCUT2D eigenvalue weighted by molar-refractivity contribution is 9.10. The average Bonchev–Trinajstić information content (AvgIpc) is 3.07. The van der Waals surface area contributed by atoms with Gasteiger partial charge in [-0.15, -0.1) is 0 Å². The van der Waals surface area contributed by atoms with Crippen LogP contribution in [-0.4, -0.2) is 29.6 Å². The fourth-order valence-corrected chi connectivity index (χ4v) is 3.27. The van der Waals surface area contributed by atoms with Gasteiger partial charge >= 0.3 is 18.0 Å². The Kier molecular flexibility index (Phi) is 6.45. The van der Waals surface area contributed by atoms with Gasteiger partial charge in [0.15, 0.2) is 0 Å². The average molecular weight is 423 g/mol. The van der Waals surface area contributed by atoms with Gasteiger partial charge in [-0.05, 0) is 37.0 Å². The van der Waals surface area contributed by atoms with Crippen LogP contribution in [0, 0.1) is 5.92 Å². The second kappa shape index (κ2) is 8.18. The fraction of sp³-hybridized carbons (Fsp3) is 0.500. The monoisotopic (exact) mass is 422 g/mol. The summed E-state index contributed by atoms with van der Waals surface area (Å²) in [6.07, 6.45) is -1.51. The molecule has 138 valence electrons. The molecule has 1 saturated carbocycles. The number of rotatable bonds is 4. The fourth-order valence-electron chi connectivity index (χ4n) is 2.79. The molecule has 1 unspecified atom stereocenters. The zero-order valence-electron chi connectivity index (χ0n) is 13.2. The minimum atomic E-state index is -4.59. The number of aliphatic hydroxyl groups excluding tert-OH is 1. The molecule has 0 radical (unpaired) electrons. The molecule has 0 aliphatic heterocycles. The Labute approximate surface area is 151 Å². The summed E-state index contributed by atoms with van der Waals surface area (Å²) in [6.45, 7) is -0.0644. The molecule has 1 aromatic rings. The maximum atomic E-state index is 12.8. The van der Waals surface area contributed by atoms with E-state index in [1.54, 1.807) is 0 Å². The van der Waals surface area contributed by atoms with Crippen LogP contribution in [0.15, 0.2) is 22.7 Å². The van der Waals surface area contributed by atoms with E-state index in [9.17, 15) is 27.9 Å². The smallest absolute Gasteiger partial charge is 0.391 e. The van der Waals surface area contributed by atoms with Crippen LogP contribution in [0.5, 0.6) is 0 Å². The molecule has 0 aromatic heterocycles. The van der Waals surface area contributed by atoms with E-state index in [1.807, 2.05) is 0 Å². The Morgan fingerprint density at radius 1 is 1.24 bits per heavy atom. The molecule has 1 aliphatic rings. The van der Waals surface area contributed by atoms with Crippen molar-refractivity contribution in [3.63, 3.8) is 0 Å². The molecule has 9 heteroatoms. The van der Waals surface area contributed by atoms with Crippen molar-refractivity contribution in [2.45, 2.75) is 38.0 Å². The normalized spacial score (nSPS) is 16.5. The summed E-state index contributed by atoms with van der Waals surface area (Å²) in [6, 6.07) is 3.13. The van der Waals surface area contributed by atoms with Crippen molar-refractivity contribution in [2.75, 3.05) is 11.9 Å². The van der Waals surface area contributed by atoms with Crippen LogP contribution in [0.3, 0.4) is 0 Å². The molecule has 0 spiro atoms. The number of hydrogen-bond acceptors (Lipinski definition) is 3. The minimum absolute atomic E-state index is 0.0644. The summed E-state index contributed by atoms with van der Waals surface area (Å²) in [5, 5.41) is 14.4. The molecular weight excluding hydrogens is 405 g/mol. The summed E-state index contributed by atoms with van der Waals surface area (Å²) in [5.74, 6) is -1.99. The molecule has 25 heavy (non-hydrogen) atoms. The second-order valence-electron chi connectivity index (χ2n) is 5.97. The molecule has 1 atom stereocenters. The second-order valence-corrected chi connectivity index (χ2v) is 6.82. The third-order valence-corrected chi connectivity index (χ3v) is 4.84. The van der Waals surface area contributed by atoms with E-state index in [2.05, 4.69) is 26.6 Å². The Morgan fingerprint density at radius 2 is 1.88 bits per heavy atom. The van der Waals surface area contributed by atoms with Gasteiger partial charge in [-0.2, -0.15) is 13.2 Å². The van der Waals surface area contributed by atoms with Gasteiger partial charge < -0.3 is 15.7 Å². The largest absolute Gasteiger partial charge is 0.417 e. The number of amides is 2. The number of carbonyl (C=O) groups is 2. The first-order valence-electron chi connectivity index (χ1n) is 7.82. The van der Waals surface area contributed by atoms with Gasteiger partial charge in [0.1, 0.15) is 0 Å². The van der Waals surface area contributed by atoms with E-state index >= 15 is 0 Å². The highest BCUT2D eigenvalue weighted by Crippen LogP contribution is 2.36. The number of hydrogen-bond donors (Lipinski definition) is 3. The molecule has 0 bridgehead atoms. The van der Waals surface area contributed by atoms with Crippen molar-refractivity contribution in [3.05, 3.63) is 28.2 Å². The van der Waals surface area contributed by atoms with Crippen molar-refractivity contribution in [1.82, 2.24) is 5.32 Å². The molecule has 1 aliphatic carbocycles. The van der Waals surface area contributed by atoms with Gasteiger partial charge in [0.2, 0.25) is 0 Å². The minimum Gasteiger partial charge on any atom is -0.391 e. The van der Waals surface area contributed by atoms with Gasteiger partial charge in [-0.3, -0.25) is 9.59 Å². The number of carbonyl (C=O) groups excluding carboxylic acids is 2. The summed E-state index contributed by atoms with van der Waals surface area (Å²) >= 11 is 2.79. The summed E-state index contributed by atoms with van der Waals surface area (Å²) in [5.41, 5.74) is -1.10. The Bertz CT molecular complexity index is 646. The first-order valence-corrected chi connectivity index (χ1v) is 8.62. The molecule has 3 N–H and O–H groups in total. The first-order chi connectivity index (χ1) is 11.7. The Hall–Kier alpha value is -1.61. The number of anilines is 1. The number of nitrogens with one attached hydrogen (secondary N) is 2. The van der Waals surface area contributed by atoms with E-state index < -0.39 is 29.7 Å². The van der Waals surface area contributed by atoms with E-state index in [1.165, 1.54) is 6.07 Å². The summed E-state index contributed by atoms with van der Waals surface area (Å²) in [7, 11) is 0. The number of benzene rings is 1. The summed E-state index contributed by atoms with van der Waals surface area (Å²) in [4.78, 5) is 23.5. The number of alkyl halides is 3. The maximum absolute atomic E-state index is 12.8. The van der Waals surface area contributed by atoms with Crippen molar-refractivity contribution in [1.29, 1.82) is 0 Å². The number of aliphatic hydroxyl groups is 1. The molecule has 5 nitrogen and oxygen atoms in total. The SMILES string of the molecule is O=C(NCC(O)C1CCCC1)C(=O)Nc1ccc(Br)c(C(F)(F)F)c1. The predicted molar refractivity (Wildman–Crippen MR) is 88.7 cm³/mol. The molecule has 0 heterocycles. The van der Waals surface area contributed by atoms with Gasteiger partial charge in [0.05, 0.1) is 11.7 Å². The van der Waals surface area contributed by atoms with E-state index in [0.29, 0.717) is 0 Å². The molecule has 1 aromatic carbocycles. The quantitative estimate of drug-likeness (QED) is 0.652. The highest BCUT2D eigenvalue weighted by Gasteiger charge is 2.33. The van der Waals surface area contributed by atoms with E-state index in [0.717, 1.165) is 37.8 Å². The van der Waals surface area contributed by atoms with Gasteiger partial charge in [0, 0.05) is 16.7 Å². The maximum Gasteiger partial charge on any atom is 0.417 e. The van der Waals surface area contributed by atoms with Gasteiger partial charge in [0.25, 0.3) is 0 Å². The predicted octanol–water partition coefficient (Wildman–Crippen LogP) is 3.07. The van der Waals surface area contributed by atoms with Crippen LogP contribution in [-0.2, 0) is 15.8 Å². The van der Waals surface area contributed by atoms with Gasteiger partial charge in [-0.25, -0.2) is 0 Å². The lowest BCUT2D eigenvalue weighted by molar-refractivity contribution is -0.138. The third kappa shape index (κ3) is 5.43. The molecule has 0 saturated heterocycles. The molecule has 2 rings (SSSR count). The molecule has 1 fully saturated rings. The van der Waals surface area contributed by atoms with Crippen LogP contribution in [0.4, 0.5) is 18.9 Å². The van der Waals surface area contributed by atoms with Crippen molar-refractivity contribution in [2.24, 2.45) is 5.92 Å². The van der Waals surface area contributed by atoms with Crippen molar-refractivity contribution < 1.29 is 27.9 Å². The standard InChI is InChI=1S/C16H18BrF3N2O3/c17-12-6-5-10(7-11(12)16(18,19)20)22-15(25)14(24)21-8-13(23)9-3-1-2-4-9/h5-7,9,13,23H,1-4,8H2,(H,21,24)(H,22,25). The van der Waals surface area contributed by atoms with E-state index in [-0.39, 0.29) is 22.6 Å². The Balaban J connectivity index is 1.91. The summed E-state index contributed by atoms with van der Waals surface area (Å²) < 4.78 is 38.3. The number of halogens is 4. The zero-order valence-corrected chi connectivity index (χ0v) is 14.8. The lowest BCUT2D eigenvalue weighted by Gasteiger charge is -2.18. The van der Waals surface area contributed by atoms with Gasteiger partial charge in [-0.1, -0.05) is 28.8 Å². The Morgan fingerprint density at radius 3 is 2.48 bits per heavy atom. The van der Waals surface area contributed by atoms with Crippen molar-refractivity contribution >= 4 is 33.4 Å². The highest BCUT2D eigenvalue weighted by atomic mass is 79.9. The van der Waals surface area contributed by atoms with Crippen LogP contribution in [0.2, 0.25) is 0 Å². The lowest BCUT2D eigenvalue weighted by Crippen LogP contribution is -2.41. The molecular formula is C16H18BrF3N2O3. The topological polar surface area (TPSA) is 78.4 Å². The van der Waals surface area contributed by atoms with Crippen molar-refractivity contribution in [3.8, 4) is 0 Å². The van der Waals surface area contributed by atoms with Crippen LogP contribution in [0.1, 0.15) is 31.2 Å². The van der Waals surface area contributed by atoms with Crippen LogP contribution >= 0.6 is 15.9 Å². The molecule has 2 amide bonds.